The number of allylic oxidation sites excluding steroid dienone is 1. The molecule has 0 amide bonds. The van der Waals surface area contributed by atoms with Crippen LogP contribution in [0.15, 0.2) is 46.7 Å². The van der Waals surface area contributed by atoms with Crippen molar-refractivity contribution in [3.05, 3.63) is 41.8 Å². The van der Waals surface area contributed by atoms with Crippen molar-refractivity contribution in [2.24, 2.45) is 0 Å². The maximum absolute atomic E-state index is 5.56. The quantitative estimate of drug-likeness (QED) is 0.398. The van der Waals surface area contributed by atoms with E-state index in [0.29, 0.717) is 0 Å². The minimum absolute atomic E-state index is 0.750. The van der Waals surface area contributed by atoms with Crippen molar-refractivity contribution in [1.82, 2.24) is 0 Å². The summed E-state index contributed by atoms with van der Waals surface area (Å²) in [5, 5.41) is 2.13. The molecule has 0 N–H and O–H groups in total. The lowest BCUT2D eigenvalue weighted by atomic mass is 10.3. The average Bonchev–Trinajstić information content (AvgIpc) is 2.19. The molecular weight excluding hydrogens is 200 g/mol. The van der Waals surface area contributed by atoms with Gasteiger partial charge in [-0.3, -0.25) is 0 Å². The zero-order chi connectivity index (χ0) is 9.36. The molecule has 1 rings (SSSR count). The van der Waals surface area contributed by atoms with Crippen LogP contribution in [0.25, 0.3) is 0 Å². The van der Waals surface area contributed by atoms with E-state index in [1.807, 2.05) is 6.07 Å². The molecule has 1 aromatic carbocycles. The van der Waals surface area contributed by atoms with Gasteiger partial charge in [0.25, 0.3) is 0 Å². The van der Waals surface area contributed by atoms with Gasteiger partial charge in [0, 0.05) is 10.8 Å². The minimum Gasteiger partial charge on any atom is -0.127 e. The van der Waals surface area contributed by atoms with Gasteiger partial charge in [0.2, 0.25) is 0 Å². The number of rotatable bonds is 5. The number of alkyl halides is 1. The first-order chi connectivity index (χ1) is 6.43. The zero-order valence-corrected chi connectivity index (χ0v) is 9.02. The monoisotopic (exact) mass is 212 g/mol. The normalized spacial score (nSPS) is 10.8. The Kier molecular flexibility index (Phi) is 5.79. The molecule has 0 aliphatic rings. The van der Waals surface area contributed by atoms with Gasteiger partial charge in [-0.15, -0.1) is 11.6 Å². The highest BCUT2D eigenvalue weighted by molar-refractivity contribution is 8.02. The van der Waals surface area contributed by atoms with Crippen LogP contribution < -0.4 is 0 Å². The Morgan fingerprint density at radius 1 is 1.23 bits per heavy atom. The van der Waals surface area contributed by atoms with Crippen molar-refractivity contribution in [3.8, 4) is 0 Å². The molecule has 0 bridgehead atoms. The summed E-state index contributed by atoms with van der Waals surface area (Å²) >= 11 is 7.30. The molecule has 0 saturated carbocycles. The molecular formula is C11H13ClS. The lowest BCUT2D eigenvalue weighted by Gasteiger charge is -1.93. The summed E-state index contributed by atoms with van der Waals surface area (Å²) in [6, 6.07) is 10.3. The van der Waals surface area contributed by atoms with Crippen LogP contribution in [0.1, 0.15) is 12.8 Å². The number of unbranched alkanes of at least 4 members (excludes halogenated alkanes) is 1. The molecule has 70 valence electrons. The molecule has 2 heteroatoms. The first-order valence-electron chi connectivity index (χ1n) is 4.36. The van der Waals surface area contributed by atoms with Gasteiger partial charge in [0.1, 0.15) is 0 Å². The maximum Gasteiger partial charge on any atom is 0.0226 e. The van der Waals surface area contributed by atoms with Crippen LogP contribution in [0, 0.1) is 0 Å². The van der Waals surface area contributed by atoms with Crippen molar-refractivity contribution >= 4 is 23.4 Å². The van der Waals surface area contributed by atoms with Crippen molar-refractivity contribution < 1.29 is 0 Å². The second-order valence-corrected chi connectivity index (χ2v) is 3.99. The summed E-state index contributed by atoms with van der Waals surface area (Å²) in [6.07, 6.45) is 4.30. The van der Waals surface area contributed by atoms with Crippen LogP contribution in [-0.4, -0.2) is 5.88 Å². The minimum atomic E-state index is 0.750. The molecule has 0 aliphatic carbocycles. The van der Waals surface area contributed by atoms with Crippen LogP contribution in [0.4, 0.5) is 0 Å². The van der Waals surface area contributed by atoms with E-state index in [-0.39, 0.29) is 0 Å². The van der Waals surface area contributed by atoms with E-state index in [1.165, 1.54) is 4.90 Å². The fraction of sp³-hybridized carbons (Fsp3) is 0.273. The molecule has 0 spiro atoms. The van der Waals surface area contributed by atoms with Crippen LogP contribution in [0.2, 0.25) is 0 Å². The smallest absolute Gasteiger partial charge is 0.0226 e. The fourth-order valence-electron chi connectivity index (χ4n) is 0.889. The SMILES string of the molecule is ClCCC/C=C/Sc1ccccc1. The highest BCUT2D eigenvalue weighted by Gasteiger charge is 1.85. The predicted octanol–water partition coefficient (Wildman–Crippen LogP) is 4.31. The van der Waals surface area contributed by atoms with Crippen LogP contribution >= 0.6 is 23.4 Å². The van der Waals surface area contributed by atoms with E-state index in [9.17, 15) is 0 Å². The Morgan fingerprint density at radius 2 is 2.00 bits per heavy atom. The highest BCUT2D eigenvalue weighted by Crippen LogP contribution is 2.18. The van der Waals surface area contributed by atoms with E-state index in [2.05, 4.69) is 35.7 Å². The topological polar surface area (TPSA) is 0 Å². The number of halogens is 1. The third kappa shape index (κ3) is 5.02. The van der Waals surface area contributed by atoms with Gasteiger partial charge < -0.3 is 0 Å². The summed E-state index contributed by atoms with van der Waals surface area (Å²) in [5.74, 6) is 0.750. The Hall–Kier alpha value is -0.400. The first-order valence-corrected chi connectivity index (χ1v) is 5.77. The largest absolute Gasteiger partial charge is 0.127 e. The number of benzene rings is 1. The Balaban J connectivity index is 2.23. The molecule has 1 aromatic rings. The molecule has 0 aliphatic heterocycles. The maximum atomic E-state index is 5.56. The number of hydrogen-bond donors (Lipinski definition) is 0. The summed E-state index contributed by atoms with van der Waals surface area (Å²) in [4.78, 5) is 1.28. The molecule has 0 nitrogen and oxygen atoms in total. The van der Waals surface area contributed by atoms with Crippen LogP contribution in [0.3, 0.4) is 0 Å². The summed E-state index contributed by atoms with van der Waals surface area (Å²) in [5.41, 5.74) is 0. The fourth-order valence-corrected chi connectivity index (χ4v) is 1.75. The molecule has 0 atom stereocenters. The number of thioether (sulfide) groups is 1. The Morgan fingerprint density at radius 3 is 2.69 bits per heavy atom. The van der Waals surface area contributed by atoms with Gasteiger partial charge in [-0.1, -0.05) is 36.0 Å². The van der Waals surface area contributed by atoms with E-state index in [4.69, 9.17) is 11.6 Å². The van der Waals surface area contributed by atoms with Gasteiger partial charge in [0.05, 0.1) is 0 Å². The summed E-state index contributed by atoms with van der Waals surface area (Å²) in [6.45, 7) is 0. The molecule has 0 fully saturated rings. The summed E-state index contributed by atoms with van der Waals surface area (Å²) in [7, 11) is 0. The van der Waals surface area contributed by atoms with Crippen molar-refractivity contribution in [1.29, 1.82) is 0 Å². The zero-order valence-electron chi connectivity index (χ0n) is 7.45. The predicted molar refractivity (Wildman–Crippen MR) is 61.4 cm³/mol. The molecule has 13 heavy (non-hydrogen) atoms. The van der Waals surface area contributed by atoms with Gasteiger partial charge in [-0.05, 0) is 30.4 Å². The number of hydrogen-bond acceptors (Lipinski definition) is 1. The van der Waals surface area contributed by atoms with E-state index < -0.39 is 0 Å². The molecule has 0 saturated heterocycles. The van der Waals surface area contributed by atoms with Crippen LogP contribution in [-0.2, 0) is 0 Å². The van der Waals surface area contributed by atoms with Gasteiger partial charge in [0.15, 0.2) is 0 Å². The molecule has 0 unspecified atom stereocenters. The molecule has 0 radical (unpaired) electrons. The third-order valence-electron chi connectivity index (χ3n) is 1.55. The second kappa shape index (κ2) is 7.05. The van der Waals surface area contributed by atoms with Crippen molar-refractivity contribution in [2.45, 2.75) is 17.7 Å². The first kappa shape index (κ1) is 10.7. The van der Waals surface area contributed by atoms with Gasteiger partial charge >= 0.3 is 0 Å². The van der Waals surface area contributed by atoms with Gasteiger partial charge in [-0.25, -0.2) is 0 Å². The third-order valence-corrected chi connectivity index (χ3v) is 2.69. The lowest BCUT2D eigenvalue weighted by molar-refractivity contribution is 0.968. The van der Waals surface area contributed by atoms with E-state index in [1.54, 1.807) is 11.8 Å². The van der Waals surface area contributed by atoms with E-state index >= 15 is 0 Å². The second-order valence-electron chi connectivity index (χ2n) is 2.63. The Labute approximate surface area is 89.0 Å². The standard InChI is InChI=1S/C11H13ClS/c12-9-5-2-6-10-13-11-7-3-1-4-8-11/h1,3-4,6-8,10H,2,5,9H2/b10-6+. The summed E-state index contributed by atoms with van der Waals surface area (Å²) < 4.78 is 0. The van der Waals surface area contributed by atoms with Crippen LogP contribution in [0.5, 0.6) is 0 Å². The lowest BCUT2D eigenvalue weighted by Crippen LogP contribution is -1.70. The van der Waals surface area contributed by atoms with E-state index in [0.717, 1.165) is 18.7 Å². The molecule has 0 heterocycles. The van der Waals surface area contributed by atoms with Crippen molar-refractivity contribution in [2.75, 3.05) is 5.88 Å². The average molecular weight is 213 g/mol. The highest BCUT2D eigenvalue weighted by atomic mass is 35.5. The van der Waals surface area contributed by atoms with Gasteiger partial charge in [-0.2, -0.15) is 0 Å². The molecule has 0 aromatic heterocycles. The van der Waals surface area contributed by atoms with Crippen molar-refractivity contribution in [3.63, 3.8) is 0 Å². The Bertz CT molecular complexity index is 244.